The van der Waals surface area contributed by atoms with Gasteiger partial charge in [-0.05, 0) is 37.3 Å². The van der Waals surface area contributed by atoms with Gasteiger partial charge in [0.1, 0.15) is 16.5 Å². The van der Waals surface area contributed by atoms with Gasteiger partial charge in [0.25, 0.3) is 0 Å². The van der Waals surface area contributed by atoms with Crippen molar-refractivity contribution >= 4 is 27.7 Å². The standard InChI is InChI=1S/C19H20F2N2O3S2/c1-14(27-16-5-3-2-4-6-16)19(24)22-9-11-23(12-10-22)28(25,26)18-13-15(20)7-8-17(18)21/h2-8,13-14H,9-12H2,1H3. The van der Waals surface area contributed by atoms with Crippen molar-refractivity contribution in [3.63, 3.8) is 0 Å². The van der Waals surface area contributed by atoms with E-state index in [-0.39, 0.29) is 37.3 Å². The average Bonchev–Trinajstić information content (AvgIpc) is 2.70. The van der Waals surface area contributed by atoms with E-state index in [1.54, 1.807) is 4.90 Å². The first-order valence-electron chi connectivity index (χ1n) is 8.75. The quantitative estimate of drug-likeness (QED) is 0.690. The molecule has 0 radical (unpaired) electrons. The minimum Gasteiger partial charge on any atom is -0.339 e. The lowest BCUT2D eigenvalue weighted by molar-refractivity contribution is -0.131. The largest absolute Gasteiger partial charge is 0.339 e. The normalized spacial score (nSPS) is 16.8. The molecule has 9 heteroatoms. The Labute approximate surface area is 167 Å². The molecule has 1 aliphatic heterocycles. The molecule has 3 rings (SSSR count). The zero-order valence-corrected chi connectivity index (χ0v) is 16.8. The first-order valence-corrected chi connectivity index (χ1v) is 11.1. The predicted molar refractivity (Wildman–Crippen MR) is 103 cm³/mol. The Kier molecular flexibility index (Phi) is 6.36. The highest BCUT2D eigenvalue weighted by Crippen LogP contribution is 2.26. The molecule has 1 atom stereocenters. The van der Waals surface area contributed by atoms with Crippen LogP contribution in [0, 0.1) is 11.6 Å². The van der Waals surface area contributed by atoms with Crippen molar-refractivity contribution in [3.05, 3.63) is 60.2 Å². The Hall–Kier alpha value is -1.97. The molecule has 1 aliphatic rings. The fourth-order valence-corrected chi connectivity index (χ4v) is 5.44. The van der Waals surface area contributed by atoms with Gasteiger partial charge < -0.3 is 4.90 Å². The van der Waals surface area contributed by atoms with Crippen LogP contribution in [0.15, 0.2) is 58.3 Å². The first kappa shape index (κ1) is 20.8. The number of benzene rings is 2. The number of hydrogen-bond acceptors (Lipinski definition) is 4. The Morgan fingerprint density at radius 2 is 1.68 bits per heavy atom. The van der Waals surface area contributed by atoms with Gasteiger partial charge in [-0.15, -0.1) is 11.8 Å². The average molecular weight is 427 g/mol. The van der Waals surface area contributed by atoms with Crippen LogP contribution in [-0.2, 0) is 14.8 Å². The molecule has 0 saturated carbocycles. The summed E-state index contributed by atoms with van der Waals surface area (Å²) in [5.74, 6) is -1.89. The van der Waals surface area contributed by atoms with Crippen molar-refractivity contribution in [2.24, 2.45) is 0 Å². The molecule has 1 fully saturated rings. The van der Waals surface area contributed by atoms with Crippen LogP contribution < -0.4 is 0 Å². The van der Waals surface area contributed by atoms with Crippen LogP contribution in [0.4, 0.5) is 8.78 Å². The third-order valence-corrected chi connectivity index (χ3v) is 7.48. The second-order valence-corrected chi connectivity index (χ2v) is 9.70. The molecular formula is C19H20F2N2O3S2. The van der Waals surface area contributed by atoms with E-state index in [9.17, 15) is 22.0 Å². The molecule has 2 aromatic carbocycles. The van der Waals surface area contributed by atoms with Crippen LogP contribution in [0.25, 0.3) is 0 Å². The smallest absolute Gasteiger partial charge is 0.246 e. The SMILES string of the molecule is CC(Sc1ccccc1)C(=O)N1CCN(S(=O)(=O)c2cc(F)ccc2F)CC1. The number of piperazine rings is 1. The number of hydrogen-bond donors (Lipinski definition) is 0. The fourth-order valence-electron chi connectivity index (χ4n) is 2.97. The lowest BCUT2D eigenvalue weighted by Crippen LogP contribution is -2.52. The third kappa shape index (κ3) is 4.53. The Bertz CT molecular complexity index is 947. The number of sulfonamides is 1. The van der Waals surface area contributed by atoms with Crippen molar-refractivity contribution < 1.29 is 22.0 Å². The van der Waals surface area contributed by atoms with Gasteiger partial charge in [-0.2, -0.15) is 4.31 Å². The minimum atomic E-state index is -4.16. The summed E-state index contributed by atoms with van der Waals surface area (Å²) in [4.78, 5) is 14.6. The van der Waals surface area contributed by atoms with Crippen LogP contribution in [0.2, 0.25) is 0 Å². The summed E-state index contributed by atoms with van der Waals surface area (Å²) in [7, 11) is -4.16. The molecule has 1 saturated heterocycles. The van der Waals surface area contributed by atoms with Crippen LogP contribution >= 0.6 is 11.8 Å². The Balaban J connectivity index is 1.63. The van der Waals surface area contributed by atoms with Gasteiger partial charge in [0.2, 0.25) is 15.9 Å². The fraction of sp³-hybridized carbons (Fsp3) is 0.316. The van der Waals surface area contributed by atoms with Crippen molar-refractivity contribution in [3.8, 4) is 0 Å². The molecule has 2 aromatic rings. The highest BCUT2D eigenvalue weighted by Gasteiger charge is 2.33. The summed E-state index contributed by atoms with van der Waals surface area (Å²) in [6.45, 7) is 2.29. The van der Waals surface area contributed by atoms with E-state index in [4.69, 9.17) is 0 Å². The lowest BCUT2D eigenvalue weighted by Gasteiger charge is -2.35. The van der Waals surface area contributed by atoms with Gasteiger partial charge in [-0.3, -0.25) is 4.79 Å². The van der Waals surface area contributed by atoms with Crippen molar-refractivity contribution in [2.75, 3.05) is 26.2 Å². The van der Waals surface area contributed by atoms with Crippen LogP contribution in [0.5, 0.6) is 0 Å². The van der Waals surface area contributed by atoms with E-state index in [2.05, 4.69) is 0 Å². The number of carbonyl (C=O) groups excluding carboxylic acids is 1. The number of halogens is 2. The summed E-state index contributed by atoms with van der Waals surface area (Å²) in [6, 6.07) is 11.9. The summed E-state index contributed by atoms with van der Waals surface area (Å²) >= 11 is 1.44. The summed E-state index contributed by atoms with van der Waals surface area (Å²) in [6.07, 6.45) is 0. The molecule has 0 aromatic heterocycles. The molecule has 0 aliphatic carbocycles. The van der Waals surface area contributed by atoms with Gasteiger partial charge in [0.05, 0.1) is 5.25 Å². The molecule has 0 spiro atoms. The third-order valence-electron chi connectivity index (χ3n) is 4.47. The maximum Gasteiger partial charge on any atom is 0.246 e. The topological polar surface area (TPSA) is 57.7 Å². The van der Waals surface area contributed by atoms with Crippen molar-refractivity contribution in [2.45, 2.75) is 22.0 Å². The molecule has 0 bridgehead atoms. The number of thioether (sulfide) groups is 1. The number of carbonyl (C=O) groups is 1. The van der Waals surface area contributed by atoms with Gasteiger partial charge in [-0.25, -0.2) is 17.2 Å². The highest BCUT2D eigenvalue weighted by molar-refractivity contribution is 8.00. The Morgan fingerprint density at radius 1 is 1.04 bits per heavy atom. The summed E-state index contributed by atoms with van der Waals surface area (Å²) in [5.41, 5.74) is 0. The molecule has 150 valence electrons. The van der Waals surface area contributed by atoms with E-state index in [1.807, 2.05) is 37.3 Å². The minimum absolute atomic E-state index is 0.0345. The predicted octanol–water partition coefficient (Wildman–Crippen LogP) is 2.98. The monoisotopic (exact) mass is 426 g/mol. The Morgan fingerprint density at radius 3 is 2.32 bits per heavy atom. The van der Waals surface area contributed by atoms with E-state index in [0.29, 0.717) is 6.07 Å². The van der Waals surface area contributed by atoms with Gasteiger partial charge in [-0.1, -0.05) is 18.2 Å². The maximum atomic E-state index is 13.9. The van der Waals surface area contributed by atoms with Crippen LogP contribution in [0.3, 0.4) is 0 Å². The molecule has 1 heterocycles. The van der Waals surface area contributed by atoms with Crippen molar-refractivity contribution in [1.82, 2.24) is 9.21 Å². The molecule has 5 nitrogen and oxygen atoms in total. The zero-order valence-electron chi connectivity index (χ0n) is 15.2. The van der Waals surface area contributed by atoms with E-state index < -0.39 is 26.6 Å². The lowest BCUT2D eigenvalue weighted by atomic mass is 10.3. The number of rotatable bonds is 5. The van der Waals surface area contributed by atoms with Gasteiger partial charge in [0, 0.05) is 31.1 Å². The zero-order chi connectivity index (χ0) is 20.3. The van der Waals surface area contributed by atoms with Gasteiger partial charge >= 0.3 is 0 Å². The van der Waals surface area contributed by atoms with E-state index in [0.717, 1.165) is 21.3 Å². The van der Waals surface area contributed by atoms with Crippen molar-refractivity contribution in [1.29, 1.82) is 0 Å². The van der Waals surface area contributed by atoms with Gasteiger partial charge in [0.15, 0.2) is 0 Å². The van der Waals surface area contributed by atoms with E-state index in [1.165, 1.54) is 11.8 Å². The molecule has 28 heavy (non-hydrogen) atoms. The first-order chi connectivity index (χ1) is 13.3. The summed E-state index contributed by atoms with van der Waals surface area (Å²) < 4.78 is 53.6. The molecule has 1 unspecified atom stereocenters. The van der Waals surface area contributed by atoms with E-state index >= 15 is 0 Å². The summed E-state index contributed by atoms with van der Waals surface area (Å²) in [5, 5.41) is -0.314. The number of amides is 1. The molecule has 1 amide bonds. The molecular weight excluding hydrogens is 406 g/mol. The number of nitrogens with zero attached hydrogens (tertiary/aromatic N) is 2. The maximum absolute atomic E-state index is 13.9. The van der Waals surface area contributed by atoms with Crippen LogP contribution in [0.1, 0.15) is 6.92 Å². The van der Waals surface area contributed by atoms with Crippen LogP contribution in [-0.4, -0.2) is 55.0 Å². The molecule has 0 N–H and O–H groups in total. The second kappa shape index (κ2) is 8.59. The second-order valence-electron chi connectivity index (χ2n) is 6.38. The highest BCUT2D eigenvalue weighted by atomic mass is 32.2.